The Hall–Kier alpha value is -3.33. The lowest BCUT2D eigenvalue weighted by Gasteiger charge is -2.17. The van der Waals surface area contributed by atoms with Gasteiger partial charge >= 0.3 is 0 Å². The quantitative estimate of drug-likeness (QED) is 0.497. The highest BCUT2D eigenvalue weighted by atomic mass is 16.5. The van der Waals surface area contributed by atoms with Crippen molar-refractivity contribution in [2.24, 2.45) is 0 Å². The van der Waals surface area contributed by atoms with Gasteiger partial charge in [-0.15, -0.1) is 0 Å². The molecule has 27 heavy (non-hydrogen) atoms. The van der Waals surface area contributed by atoms with Gasteiger partial charge in [0.05, 0.1) is 12.8 Å². The molecule has 1 N–H and O–H groups in total. The Morgan fingerprint density at radius 3 is 2.41 bits per heavy atom. The van der Waals surface area contributed by atoms with E-state index in [0.29, 0.717) is 5.88 Å². The van der Waals surface area contributed by atoms with E-state index in [2.05, 4.69) is 38.1 Å². The Kier molecular flexibility index (Phi) is 4.28. The predicted octanol–water partition coefficient (Wildman–Crippen LogP) is 5.90. The second kappa shape index (κ2) is 6.76. The summed E-state index contributed by atoms with van der Waals surface area (Å²) in [6, 6.07) is 21.8. The van der Waals surface area contributed by atoms with Crippen LogP contribution in [0.3, 0.4) is 0 Å². The number of hydrogen-bond acceptors (Lipinski definition) is 3. The summed E-state index contributed by atoms with van der Waals surface area (Å²) in [5.74, 6) is 0.840. The second-order valence-electron chi connectivity index (χ2n) is 6.76. The van der Waals surface area contributed by atoms with Crippen LogP contribution in [0.2, 0.25) is 0 Å². The average molecular weight is 355 g/mol. The first-order valence-electron chi connectivity index (χ1n) is 8.92. The monoisotopic (exact) mass is 355 g/mol. The van der Waals surface area contributed by atoms with E-state index in [1.165, 1.54) is 0 Å². The van der Waals surface area contributed by atoms with E-state index >= 15 is 0 Å². The Labute approximate surface area is 158 Å². The second-order valence-corrected chi connectivity index (χ2v) is 6.76. The molecule has 0 atom stereocenters. The van der Waals surface area contributed by atoms with E-state index in [-0.39, 0.29) is 5.75 Å². The minimum absolute atomic E-state index is 0.236. The Balaban J connectivity index is 2.19. The summed E-state index contributed by atoms with van der Waals surface area (Å²) < 4.78 is 5.62. The molecule has 3 nitrogen and oxygen atoms in total. The van der Waals surface area contributed by atoms with Gasteiger partial charge in [-0.3, -0.25) is 0 Å². The van der Waals surface area contributed by atoms with E-state index in [1.807, 2.05) is 30.3 Å². The zero-order valence-electron chi connectivity index (χ0n) is 15.7. The number of aryl methyl sites for hydroxylation is 2. The average Bonchev–Trinajstić information content (AvgIpc) is 2.67. The standard InChI is InChI=1S/C24H21NO2/c1-15-11-12-20-21(13-15)22(17-8-6-9-18(26)14-17)23(25-24(20)27-3)19-10-5-4-7-16(19)2/h4-14,26H,1-3H3. The van der Waals surface area contributed by atoms with Crippen molar-refractivity contribution in [3.63, 3.8) is 0 Å². The molecular formula is C24H21NO2. The van der Waals surface area contributed by atoms with Crippen LogP contribution in [-0.2, 0) is 0 Å². The number of aromatic hydroxyl groups is 1. The van der Waals surface area contributed by atoms with Crippen molar-refractivity contribution >= 4 is 10.8 Å². The van der Waals surface area contributed by atoms with Crippen molar-refractivity contribution < 1.29 is 9.84 Å². The van der Waals surface area contributed by atoms with Crippen molar-refractivity contribution in [2.75, 3.05) is 7.11 Å². The lowest BCUT2D eigenvalue weighted by atomic mass is 9.91. The van der Waals surface area contributed by atoms with Crippen LogP contribution in [0.1, 0.15) is 11.1 Å². The van der Waals surface area contributed by atoms with E-state index < -0.39 is 0 Å². The van der Waals surface area contributed by atoms with Gasteiger partial charge in [0.1, 0.15) is 5.75 Å². The molecule has 4 aromatic rings. The number of pyridine rings is 1. The minimum atomic E-state index is 0.236. The van der Waals surface area contributed by atoms with Gasteiger partial charge in [0.2, 0.25) is 5.88 Å². The van der Waals surface area contributed by atoms with E-state index in [9.17, 15) is 5.11 Å². The molecule has 0 saturated heterocycles. The SMILES string of the molecule is COc1nc(-c2ccccc2C)c(-c2cccc(O)c2)c2cc(C)ccc12. The molecule has 0 bridgehead atoms. The van der Waals surface area contributed by atoms with Crippen LogP contribution in [0.5, 0.6) is 11.6 Å². The topological polar surface area (TPSA) is 42.4 Å². The van der Waals surface area contributed by atoms with Gasteiger partial charge in [-0.25, -0.2) is 4.98 Å². The highest BCUT2D eigenvalue weighted by Crippen LogP contribution is 2.42. The Morgan fingerprint density at radius 1 is 0.852 bits per heavy atom. The third kappa shape index (κ3) is 3.02. The summed E-state index contributed by atoms with van der Waals surface area (Å²) in [5, 5.41) is 12.1. The van der Waals surface area contributed by atoms with Crippen LogP contribution in [0, 0.1) is 13.8 Å². The maximum atomic E-state index is 10.1. The number of phenols is 1. The molecule has 1 heterocycles. The fourth-order valence-electron chi connectivity index (χ4n) is 3.54. The molecule has 0 unspecified atom stereocenters. The first-order chi connectivity index (χ1) is 13.1. The van der Waals surface area contributed by atoms with E-state index in [1.54, 1.807) is 19.2 Å². The first-order valence-corrected chi connectivity index (χ1v) is 8.92. The third-order valence-electron chi connectivity index (χ3n) is 4.85. The molecule has 3 heteroatoms. The molecular weight excluding hydrogens is 334 g/mol. The molecule has 0 aliphatic carbocycles. The van der Waals surface area contributed by atoms with Crippen molar-refractivity contribution in [2.45, 2.75) is 13.8 Å². The highest BCUT2D eigenvalue weighted by molar-refractivity contribution is 6.05. The van der Waals surface area contributed by atoms with Gasteiger partial charge in [0.25, 0.3) is 0 Å². The van der Waals surface area contributed by atoms with Crippen LogP contribution in [0.25, 0.3) is 33.2 Å². The molecule has 0 saturated carbocycles. The maximum Gasteiger partial charge on any atom is 0.221 e. The third-order valence-corrected chi connectivity index (χ3v) is 4.85. The fourth-order valence-corrected chi connectivity index (χ4v) is 3.54. The van der Waals surface area contributed by atoms with Crippen molar-refractivity contribution in [1.29, 1.82) is 0 Å². The molecule has 1 aromatic heterocycles. The van der Waals surface area contributed by atoms with Gasteiger partial charge in [0, 0.05) is 16.5 Å². The largest absolute Gasteiger partial charge is 0.508 e. The molecule has 3 aromatic carbocycles. The number of nitrogens with zero attached hydrogens (tertiary/aromatic N) is 1. The molecule has 0 fully saturated rings. The fraction of sp³-hybridized carbons (Fsp3) is 0.125. The molecule has 0 radical (unpaired) electrons. The van der Waals surface area contributed by atoms with Gasteiger partial charge in [-0.1, -0.05) is 54.1 Å². The van der Waals surface area contributed by atoms with Crippen LogP contribution in [0.15, 0.2) is 66.7 Å². The number of phenolic OH excluding ortho intramolecular Hbond substituents is 1. The number of methoxy groups -OCH3 is 1. The zero-order valence-corrected chi connectivity index (χ0v) is 15.7. The van der Waals surface area contributed by atoms with Gasteiger partial charge < -0.3 is 9.84 Å². The summed E-state index contributed by atoms with van der Waals surface area (Å²) in [7, 11) is 1.65. The minimum Gasteiger partial charge on any atom is -0.508 e. The summed E-state index contributed by atoms with van der Waals surface area (Å²) in [5.41, 5.74) is 6.14. The molecule has 0 aliphatic rings. The van der Waals surface area contributed by atoms with Gasteiger partial charge in [-0.2, -0.15) is 0 Å². The lowest BCUT2D eigenvalue weighted by molar-refractivity contribution is 0.404. The molecule has 4 rings (SSSR count). The Bertz CT molecular complexity index is 1150. The summed E-state index contributed by atoms with van der Waals surface area (Å²) in [6.45, 7) is 4.15. The zero-order chi connectivity index (χ0) is 19.0. The number of aromatic nitrogens is 1. The van der Waals surface area contributed by atoms with Crippen LogP contribution in [-0.4, -0.2) is 17.2 Å². The molecule has 0 amide bonds. The molecule has 134 valence electrons. The van der Waals surface area contributed by atoms with E-state index in [4.69, 9.17) is 9.72 Å². The van der Waals surface area contributed by atoms with Gasteiger partial charge in [0.15, 0.2) is 0 Å². The van der Waals surface area contributed by atoms with Crippen molar-refractivity contribution in [3.8, 4) is 34.0 Å². The van der Waals surface area contributed by atoms with Crippen molar-refractivity contribution in [3.05, 3.63) is 77.9 Å². The molecule has 0 spiro atoms. The smallest absolute Gasteiger partial charge is 0.221 e. The van der Waals surface area contributed by atoms with Crippen molar-refractivity contribution in [1.82, 2.24) is 4.98 Å². The number of benzene rings is 3. The lowest BCUT2D eigenvalue weighted by Crippen LogP contribution is -1.98. The number of rotatable bonds is 3. The number of hydrogen-bond donors (Lipinski definition) is 1. The number of fused-ring (bicyclic) bond motifs is 1. The Morgan fingerprint density at radius 2 is 1.67 bits per heavy atom. The summed E-state index contributed by atoms with van der Waals surface area (Å²) in [4.78, 5) is 4.88. The predicted molar refractivity (Wildman–Crippen MR) is 110 cm³/mol. The normalized spacial score (nSPS) is 10.9. The van der Waals surface area contributed by atoms with Crippen LogP contribution >= 0.6 is 0 Å². The number of ether oxygens (including phenoxy) is 1. The van der Waals surface area contributed by atoms with E-state index in [0.717, 1.165) is 44.3 Å². The first kappa shape index (κ1) is 17.1. The summed E-state index contributed by atoms with van der Waals surface area (Å²) >= 11 is 0. The van der Waals surface area contributed by atoms with Crippen LogP contribution < -0.4 is 4.74 Å². The molecule has 0 aliphatic heterocycles. The van der Waals surface area contributed by atoms with Crippen LogP contribution in [0.4, 0.5) is 0 Å². The van der Waals surface area contributed by atoms with Gasteiger partial charge in [-0.05, 0) is 48.6 Å². The maximum absolute atomic E-state index is 10.1. The summed E-state index contributed by atoms with van der Waals surface area (Å²) in [6.07, 6.45) is 0. The highest BCUT2D eigenvalue weighted by Gasteiger charge is 2.19.